The molecule has 0 aromatic carbocycles. The lowest BCUT2D eigenvalue weighted by Gasteiger charge is -2.45. The van der Waals surface area contributed by atoms with E-state index >= 15 is 0 Å². The summed E-state index contributed by atoms with van der Waals surface area (Å²) in [7, 11) is 0. The van der Waals surface area contributed by atoms with E-state index in [0.717, 1.165) is 5.52 Å². The second-order valence-corrected chi connectivity index (χ2v) is 6.43. The van der Waals surface area contributed by atoms with Gasteiger partial charge in [0.2, 0.25) is 0 Å². The number of aromatic nitrogens is 4. The molecule has 3 aromatic rings. The first kappa shape index (κ1) is 16.6. The maximum absolute atomic E-state index is 13.2. The molecule has 26 heavy (non-hydrogen) atoms. The Morgan fingerprint density at radius 3 is 2.85 bits per heavy atom. The van der Waals surface area contributed by atoms with Crippen molar-refractivity contribution >= 4 is 5.52 Å². The summed E-state index contributed by atoms with van der Waals surface area (Å²) >= 11 is 0. The molecule has 9 heteroatoms. The smallest absolute Gasteiger partial charge is 0.173 e. The first-order valence-electron chi connectivity index (χ1n) is 8.13. The van der Waals surface area contributed by atoms with Gasteiger partial charge in [-0.15, -0.1) is 0 Å². The topological polar surface area (TPSA) is 119 Å². The first-order valence-corrected chi connectivity index (χ1v) is 8.13. The van der Waals surface area contributed by atoms with Crippen molar-refractivity contribution in [2.24, 2.45) is 11.5 Å². The van der Waals surface area contributed by atoms with Crippen LogP contribution in [0.1, 0.15) is 24.1 Å². The van der Waals surface area contributed by atoms with Crippen LogP contribution >= 0.6 is 0 Å². The fraction of sp³-hybridized carbons (Fsp3) is 0.235. The minimum atomic E-state index is -1.16. The Morgan fingerprint density at radius 1 is 1.23 bits per heavy atom. The van der Waals surface area contributed by atoms with Crippen molar-refractivity contribution in [1.82, 2.24) is 30.2 Å². The van der Waals surface area contributed by atoms with Crippen LogP contribution in [0.4, 0.5) is 4.39 Å². The van der Waals surface area contributed by atoms with Crippen molar-refractivity contribution in [1.29, 1.82) is 0 Å². The highest BCUT2D eigenvalue weighted by Gasteiger charge is 2.43. The van der Waals surface area contributed by atoms with E-state index in [1.807, 2.05) is 6.92 Å². The zero-order chi connectivity index (χ0) is 18.4. The number of nitrogens with two attached hydrogens (primary N) is 2. The molecule has 4 rings (SSSR count). The molecule has 3 aromatic heterocycles. The standard InChI is InChI=1S/C17H19FN8/c1-11(14-3-2-12(18)8-22-14)16(19)4-5-23-17(20,25-16)13-9-24-26-7-6-21-10-15(13)26/h2-11,23,25H,19-20H2,1H3. The van der Waals surface area contributed by atoms with Crippen LogP contribution in [0.3, 0.4) is 0 Å². The molecule has 0 fully saturated rings. The van der Waals surface area contributed by atoms with Gasteiger partial charge in [-0.2, -0.15) is 5.10 Å². The van der Waals surface area contributed by atoms with Crippen LogP contribution in [0, 0.1) is 5.82 Å². The zero-order valence-corrected chi connectivity index (χ0v) is 14.1. The van der Waals surface area contributed by atoms with Gasteiger partial charge < -0.3 is 11.1 Å². The third-order valence-electron chi connectivity index (χ3n) is 4.74. The van der Waals surface area contributed by atoms with Gasteiger partial charge in [0.1, 0.15) is 5.82 Å². The maximum Gasteiger partial charge on any atom is 0.173 e. The fourth-order valence-corrected chi connectivity index (χ4v) is 3.15. The normalized spacial score (nSPS) is 26.6. The molecule has 1 aliphatic heterocycles. The summed E-state index contributed by atoms with van der Waals surface area (Å²) in [6.45, 7) is 1.90. The van der Waals surface area contributed by atoms with Crippen molar-refractivity contribution in [3.63, 3.8) is 0 Å². The summed E-state index contributed by atoms with van der Waals surface area (Å²) in [4.78, 5) is 8.27. The van der Waals surface area contributed by atoms with Gasteiger partial charge in [0.15, 0.2) is 5.79 Å². The predicted octanol–water partition coefficient (Wildman–Crippen LogP) is 0.498. The van der Waals surface area contributed by atoms with Crippen LogP contribution in [0.5, 0.6) is 0 Å². The molecule has 6 N–H and O–H groups in total. The molecule has 134 valence electrons. The lowest BCUT2D eigenvalue weighted by atomic mass is 9.88. The van der Waals surface area contributed by atoms with E-state index in [1.165, 1.54) is 12.3 Å². The molecule has 0 saturated heterocycles. The number of nitrogens with zero attached hydrogens (tertiary/aromatic N) is 4. The van der Waals surface area contributed by atoms with Gasteiger partial charge in [0.05, 0.1) is 35.3 Å². The summed E-state index contributed by atoms with van der Waals surface area (Å²) in [5.74, 6) is -1.83. The van der Waals surface area contributed by atoms with Gasteiger partial charge in [-0.05, 0) is 24.4 Å². The molecule has 4 heterocycles. The number of halogens is 1. The minimum Gasteiger partial charge on any atom is -0.358 e. The summed E-state index contributed by atoms with van der Waals surface area (Å²) in [5, 5.41) is 10.7. The first-order chi connectivity index (χ1) is 12.4. The van der Waals surface area contributed by atoms with Crippen LogP contribution < -0.4 is 22.1 Å². The predicted molar refractivity (Wildman–Crippen MR) is 93.8 cm³/mol. The van der Waals surface area contributed by atoms with E-state index < -0.39 is 17.3 Å². The summed E-state index contributed by atoms with van der Waals surface area (Å²) in [6, 6.07) is 2.98. The Morgan fingerprint density at radius 2 is 2.08 bits per heavy atom. The Bertz CT molecular complexity index is 968. The van der Waals surface area contributed by atoms with Crippen molar-refractivity contribution in [2.75, 3.05) is 0 Å². The highest BCUT2D eigenvalue weighted by Crippen LogP contribution is 2.30. The van der Waals surface area contributed by atoms with E-state index in [4.69, 9.17) is 11.5 Å². The molecule has 0 amide bonds. The van der Waals surface area contributed by atoms with Gasteiger partial charge in [0.25, 0.3) is 0 Å². The second kappa shape index (κ2) is 5.84. The largest absolute Gasteiger partial charge is 0.358 e. The molecule has 0 saturated carbocycles. The monoisotopic (exact) mass is 354 g/mol. The maximum atomic E-state index is 13.2. The van der Waals surface area contributed by atoms with Crippen molar-refractivity contribution in [2.45, 2.75) is 24.3 Å². The quantitative estimate of drug-likeness (QED) is 0.541. The minimum absolute atomic E-state index is 0.274. The molecule has 8 nitrogen and oxygen atoms in total. The van der Waals surface area contributed by atoms with Gasteiger partial charge in [-0.3, -0.25) is 21.0 Å². The second-order valence-electron chi connectivity index (χ2n) is 6.43. The van der Waals surface area contributed by atoms with Crippen molar-refractivity contribution < 1.29 is 4.39 Å². The van der Waals surface area contributed by atoms with E-state index in [0.29, 0.717) is 11.3 Å². The van der Waals surface area contributed by atoms with Crippen molar-refractivity contribution in [3.05, 3.63) is 72.5 Å². The highest BCUT2D eigenvalue weighted by atomic mass is 19.1. The number of rotatable bonds is 3. The summed E-state index contributed by atoms with van der Waals surface area (Å²) in [6.07, 6.45) is 11.4. The van der Waals surface area contributed by atoms with Gasteiger partial charge in [-0.1, -0.05) is 6.92 Å². The Balaban J connectivity index is 1.71. The molecular formula is C17H19FN8. The average Bonchev–Trinajstić information content (AvgIpc) is 3.07. The van der Waals surface area contributed by atoms with E-state index in [-0.39, 0.29) is 5.92 Å². The number of hydrogen-bond donors (Lipinski definition) is 4. The van der Waals surface area contributed by atoms with E-state index in [2.05, 4.69) is 25.7 Å². The number of pyridine rings is 1. The molecule has 3 atom stereocenters. The van der Waals surface area contributed by atoms with Gasteiger partial charge in [-0.25, -0.2) is 8.91 Å². The Hall–Kier alpha value is -2.88. The molecule has 0 spiro atoms. The molecule has 0 bridgehead atoms. The third-order valence-corrected chi connectivity index (χ3v) is 4.74. The van der Waals surface area contributed by atoms with Crippen LogP contribution in [0.2, 0.25) is 0 Å². The SMILES string of the molecule is CC(c1ccc(F)cn1)C1(N)C=CNC(N)(c2cnn3ccncc23)N1. The summed E-state index contributed by atoms with van der Waals surface area (Å²) < 4.78 is 14.9. The fourth-order valence-electron chi connectivity index (χ4n) is 3.15. The van der Waals surface area contributed by atoms with Crippen molar-refractivity contribution in [3.8, 4) is 0 Å². The summed E-state index contributed by atoms with van der Waals surface area (Å²) in [5.41, 5.74) is 14.3. The van der Waals surface area contributed by atoms with Gasteiger partial charge in [0, 0.05) is 24.0 Å². The number of hydrogen-bond acceptors (Lipinski definition) is 7. The van der Waals surface area contributed by atoms with E-state index in [9.17, 15) is 4.39 Å². The lowest BCUT2D eigenvalue weighted by Crippen LogP contribution is -2.73. The average molecular weight is 354 g/mol. The van der Waals surface area contributed by atoms with Crippen LogP contribution in [0.25, 0.3) is 5.52 Å². The zero-order valence-electron chi connectivity index (χ0n) is 14.1. The van der Waals surface area contributed by atoms with E-state index in [1.54, 1.807) is 47.6 Å². The van der Waals surface area contributed by atoms with Crippen LogP contribution in [-0.4, -0.2) is 25.2 Å². The molecule has 0 radical (unpaired) electrons. The highest BCUT2D eigenvalue weighted by molar-refractivity contribution is 5.55. The lowest BCUT2D eigenvalue weighted by molar-refractivity contribution is 0.184. The van der Waals surface area contributed by atoms with Crippen LogP contribution in [-0.2, 0) is 5.79 Å². The Labute approximate surface area is 149 Å². The third kappa shape index (κ3) is 2.62. The molecule has 1 aliphatic rings. The van der Waals surface area contributed by atoms with Gasteiger partial charge >= 0.3 is 0 Å². The van der Waals surface area contributed by atoms with Crippen LogP contribution in [0.15, 0.2) is 55.4 Å². The molecular weight excluding hydrogens is 335 g/mol. The molecule has 3 unspecified atom stereocenters. The Kier molecular flexibility index (Phi) is 3.72. The number of nitrogens with one attached hydrogen (secondary N) is 2. The molecule has 0 aliphatic carbocycles. The number of fused-ring (bicyclic) bond motifs is 1.